The van der Waals surface area contributed by atoms with Gasteiger partial charge in [-0.15, -0.1) is 11.3 Å². The quantitative estimate of drug-likeness (QED) is 0.886. The summed E-state index contributed by atoms with van der Waals surface area (Å²) in [5.74, 6) is 0.134. The third kappa shape index (κ3) is 3.38. The standard InChI is InChI=1S/C18H28N2O3S/c1-13-9-14(24-11-13)16(21)20-7-5-18(6-8-20)10-15(19(3)4)17(2,22)12-23-18/h9,11,15,22H,5-8,10,12H2,1-4H3/t15-,17-/m0/s1. The second kappa shape index (κ2) is 6.41. The third-order valence-corrected chi connectivity index (χ3v) is 6.52. The number of thiophene rings is 1. The molecule has 5 nitrogen and oxygen atoms in total. The second-order valence-corrected chi connectivity index (χ2v) is 8.70. The Kier molecular flexibility index (Phi) is 4.77. The molecular formula is C18H28N2O3S. The van der Waals surface area contributed by atoms with Crippen molar-refractivity contribution in [3.05, 3.63) is 21.9 Å². The van der Waals surface area contributed by atoms with E-state index in [4.69, 9.17) is 4.74 Å². The van der Waals surface area contributed by atoms with Crippen LogP contribution < -0.4 is 0 Å². The Hall–Kier alpha value is -0.950. The first-order valence-electron chi connectivity index (χ1n) is 8.60. The highest BCUT2D eigenvalue weighted by Gasteiger charge is 2.49. The van der Waals surface area contributed by atoms with E-state index < -0.39 is 5.60 Å². The van der Waals surface area contributed by atoms with Gasteiger partial charge in [-0.3, -0.25) is 4.79 Å². The number of hydrogen-bond donors (Lipinski definition) is 1. The van der Waals surface area contributed by atoms with E-state index in [1.54, 1.807) is 0 Å². The number of likely N-dealkylation sites (N-methyl/N-ethyl adjacent to an activating group) is 1. The second-order valence-electron chi connectivity index (χ2n) is 7.79. The molecule has 1 aromatic heterocycles. The minimum atomic E-state index is -0.823. The van der Waals surface area contributed by atoms with E-state index in [0.29, 0.717) is 6.61 Å². The number of nitrogens with zero attached hydrogens (tertiary/aromatic N) is 2. The monoisotopic (exact) mass is 352 g/mol. The van der Waals surface area contributed by atoms with Gasteiger partial charge >= 0.3 is 0 Å². The first-order valence-corrected chi connectivity index (χ1v) is 9.48. The molecule has 6 heteroatoms. The van der Waals surface area contributed by atoms with Crippen LogP contribution in [0.1, 0.15) is 41.4 Å². The van der Waals surface area contributed by atoms with E-state index in [-0.39, 0.29) is 17.6 Å². The predicted molar refractivity (Wildman–Crippen MR) is 95.6 cm³/mol. The number of aliphatic hydroxyl groups is 1. The number of aryl methyl sites for hydroxylation is 1. The highest BCUT2D eigenvalue weighted by molar-refractivity contribution is 7.12. The molecule has 2 saturated heterocycles. The van der Waals surface area contributed by atoms with Gasteiger partial charge in [0.25, 0.3) is 5.91 Å². The zero-order valence-electron chi connectivity index (χ0n) is 15.0. The number of rotatable bonds is 2. The van der Waals surface area contributed by atoms with Crippen LogP contribution in [-0.4, -0.2) is 71.8 Å². The van der Waals surface area contributed by atoms with Crippen molar-refractivity contribution in [2.45, 2.75) is 50.4 Å². The van der Waals surface area contributed by atoms with Crippen LogP contribution in [0.2, 0.25) is 0 Å². The lowest BCUT2D eigenvalue weighted by Crippen LogP contribution is -2.62. The minimum Gasteiger partial charge on any atom is -0.386 e. The van der Waals surface area contributed by atoms with Gasteiger partial charge in [-0.25, -0.2) is 0 Å². The van der Waals surface area contributed by atoms with Crippen LogP contribution in [-0.2, 0) is 4.74 Å². The molecule has 0 aliphatic carbocycles. The van der Waals surface area contributed by atoms with E-state index in [0.717, 1.165) is 42.8 Å². The fourth-order valence-corrected chi connectivity index (χ4v) is 4.80. The number of piperidine rings is 1. The molecule has 1 amide bonds. The lowest BCUT2D eigenvalue weighted by atomic mass is 9.77. The largest absolute Gasteiger partial charge is 0.386 e. The van der Waals surface area contributed by atoms with E-state index in [1.807, 2.05) is 44.3 Å². The number of carbonyl (C=O) groups excluding carboxylic acids is 1. The van der Waals surface area contributed by atoms with Crippen LogP contribution in [0.5, 0.6) is 0 Å². The van der Waals surface area contributed by atoms with Crippen LogP contribution in [0.25, 0.3) is 0 Å². The third-order valence-electron chi connectivity index (χ3n) is 5.48. The molecule has 0 saturated carbocycles. The average Bonchev–Trinajstić information content (AvgIpc) is 2.96. The molecule has 3 rings (SSSR count). The number of amides is 1. The van der Waals surface area contributed by atoms with Crippen molar-refractivity contribution >= 4 is 17.2 Å². The molecule has 3 heterocycles. The molecule has 1 spiro atoms. The summed E-state index contributed by atoms with van der Waals surface area (Å²) in [6.45, 7) is 5.66. The van der Waals surface area contributed by atoms with Crippen molar-refractivity contribution in [1.29, 1.82) is 0 Å². The molecule has 2 atom stereocenters. The molecular weight excluding hydrogens is 324 g/mol. The van der Waals surface area contributed by atoms with Crippen molar-refractivity contribution in [2.24, 2.45) is 0 Å². The lowest BCUT2D eigenvalue weighted by Gasteiger charge is -2.52. The van der Waals surface area contributed by atoms with Crippen LogP contribution in [0.3, 0.4) is 0 Å². The minimum absolute atomic E-state index is 0.0773. The van der Waals surface area contributed by atoms with Gasteiger partial charge in [0.1, 0.15) is 5.60 Å². The smallest absolute Gasteiger partial charge is 0.263 e. The first kappa shape index (κ1) is 17.9. The zero-order valence-corrected chi connectivity index (χ0v) is 15.9. The van der Waals surface area contributed by atoms with Crippen molar-refractivity contribution in [3.63, 3.8) is 0 Å². The number of carbonyl (C=O) groups is 1. The summed E-state index contributed by atoms with van der Waals surface area (Å²) in [5.41, 5.74) is 0.110. The molecule has 24 heavy (non-hydrogen) atoms. The van der Waals surface area contributed by atoms with Crippen molar-refractivity contribution in [2.75, 3.05) is 33.8 Å². The Morgan fingerprint density at radius 1 is 1.42 bits per heavy atom. The summed E-state index contributed by atoms with van der Waals surface area (Å²) in [5, 5.41) is 12.6. The van der Waals surface area contributed by atoms with Crippen molar-refractivity contribution in [3.8, 4) is 0 Å². The summed E-state index contributed by atoms with van der Waals surface area (Å²) in [6, 6.07) is 2.04. The van der Waals surface area contributed by atoms with Gasteiger partial charge in [-0.1, -0.05) is 0 Å². The van der Waals surface area contributed by atoms with Crippen molar-refractivity contribution < 1.29 is 14.6 Å². The molecule has 2 aliphatic heterocycles. The SMILES string of the molecule is Cc1csc(C(=O)N2CCC3(CC2)C[C@H](N(C)C)[C@@](C)(O)CO3)c1. The van der Waals surface area contributed by atoms with Crippen molar-refractivity contribution in [1.82, 2.24) is 9.80 Å². The maximum absolute atomic E-state index is 12.6. The van der Waals surface area contributed by atoms with E-state index in [2.05, 4.69) is 4.90 Å². The fourth-order valence-electron chi connectivity index (χ4n) is 3.93. The van der Waals surface area contributed by atoms with Gasteiger partial charge in [0.15, 0.2) is 0 Å². The van der Waals surface area contributed by atoms with E-state index >= 15 is 0 Å². The Morgan fingerprint density at radius 2 is 2.08 bits per heavy atom. The summed E-state index contributed by atoms with van der Waals surface area (Å²) in [4.78, 5) is 17.5. The van der Waals surface area contributed by atoms with Crippen LogP contribution >= 0.6 is 11.3 Å². The molecule has 134 valence electrons. The molecule has 1 aromatic rings. The molecule has 0 aromatic carbocycles. The fraction of sp³-hybridized carbons (Fsp3) is 0.722. The first-order chi connectivity index (χ1) is 11.2. The van der Waals surface area contributed by atoms with Crippen LogP contribution in [0.4, 0.5) is 0 Å². The van der Waals surface area contributed by atoms with Gasteiger partial charge in [0.2, 0.25) is 0 Å². The molecule has 2 fully saturated rings. The highest BCUT2D eigenvalue weighted by atomic mass is 32.1. The maximum atomic E-state index is 12.6. The Labute approximate surface area is 148 Å². The molecule has 1 N–H and O–H groups in total. The van der Waals surface area contributed by atoms with Gasteiger partial charge < -0.3 is 19.6 Å². The Bertz CT molecular complexity index is 603. The number of likely N-dealkylation sites (tertiary alicyclic amines) is 1. The Balaban J connectivity index is 1.65. The summed E-state index contributed by atoms with van der Waals surface area (Å²) < 4.78 is 6.13. The van der Waals surface area contributed by atoms with Gasteiger partial charge in [0, 0.05) is 19.1 Å². The zero-order chi connectivity index (χ0) is 17.5. The Morgan fingerprint density at radius 3 is 2.62 bits per heavy atom. The van der Waals surface area contributed by atoms with Gasteiger partial charge in [-0.2, -0.15) is 0 Å². The summed E-state index contributed by atoms with van der Waals surface area (Å²) >= 11 is 1.52. The average molecular weight is 353 g/mol. The molecule has 2 aliphatic rings. The molecule has 0 unspecified atom stereocenters. The van der Waals surface area contributed by atoms with Crippen LogP contribution in [0.15, 0.2) is 11.4 Å². The van der Waals surface area contributed by atoms with Gasteiger partial charge in [0.05, 0.1) is 17.1 Å². The summed E-state index contributed by atoms with van der Waals surface area (Å²) in [6.07, 6.45) is 2.49. The number of ether oxygens (including phenoxy) is 1. The maximum Gasteiger partial charge on any atom is 0.263 e. The van der Waals surface area contributed by atoms with Crippen LogP contribution in [0, 0.1) is 6.92 Å². The lowest BCUT2D eigenvalue weighted by molar-refractivity contribution is -0.205. The predicted octanol–water partition coefficient (Wildman–Crippen LogP) is 2.13. The molecule has 0 radical (unpaired) electrons. The normalized spacial score (nSPS) is 30.1. The van der Waals surface area contributed by atoms with E-state index in [1.165, 1.54) is 11.3 Å². The topological polar surface area (TPSA) is 53.0 Å². The highest BCUT2D eigenvalue weighted by Crippen LogP contribution is 2.40. The van der Waals surface area contributed by atoms with E-state index in [9.17, 15) is 9.90 Å². The van der Waals surface area contributed by atoms with Gasteiger partial charge in [-0.05, 0) is 64.2 Å². The molecule has 0 bridgehead atoms. The number of hydrogen-bond acceptors (Lipinski definition) is 5. The summed E-state index contributed by atoms with van der Waals surface area (Å²) in [7, 11) is 4.02.